The highest BCUT2D eigenvalue weighted by molar-refractivity contribution is 7.19. The van der Waals surface area contributed by atoms with Crippen LogP contribution in [0.3, 0.4) is 0 Å². The lowest BCUT2D eigenvalue weighted by Gasteiger charge is -2.20. The van der Waals surface area contributed by atoms with Crippen LogP contribution in [0.25, 0.3) is 16.3 Å². The van der Waals surface area contributed by atoms with Gasteiger partial charge in [-0.1, -0.05) is 12.1 Å². The summed E-state index contributed by atoms with van der Waals surface area (Å²) in [6, 6.07) is 17.2. The number of aromatic nitrogens is 1. The number of amides is 1. The molecule has 1 heterocycles. The van der Waals surface area contributed by atoms with E-state index in [1.807, 2.05) is 55.5 Å². The lowest BCUT2D eigenvalue weighted by molar-refractivity contribution is -0.114. The van der Waals surface area contributed by atoms with Gasteiger partial charge in [0.15, 0.2) is 0 Å². The van der Waals surface area contributed by atoms with Gasteiger partial charge in [-0.3, -0.25) is 4.79 Å². The molecule has 27 heavy (non-hydrogen) atoms. The molecule has 5 nitrogen and oxygen atoms in total. The molecule has 0 spiro atoms. The van der Waals surface area contributed by atoms with Crippen LogP contribution in [0.15, 0.2) is 54.6 Å². The summed E-state index contributed by atoms with van der Waals surface area (Å²) < 4.78 is 6.52. The first-order valence-corrected chi connectivity index (χ1v) is 9.48. The molecule has 3 aromatic rings. The van der Waals surface area contributed by atoms with Crippen molar-refractivity contribution in [2.45, 2.75) is 13.3 Å². The molecule has 136 valence electrons. The number of thiazole rings is 1. The smallest absolute Gasteiger partial charge is 0.251 e. The van der Waals surface area contributed by atoms with E-state index in [9.17, 15) is 4.79 Å². The van der Waals surface area contributed by atoms with Gasteiger partial charge in [-0.2, -0.15) is 5.26 Å². The molecular formula is C21H19N3O2S. The van der Waals surface area contributed by atoms with Crippen LogP contribution >= 0.6 is 11.3 Å². The summed E-state index contributed by atoms with van der Waals surface area (Å²) in [5.74, 6) is 0.563. The van der Waals surface area contributed by atoms with Crippen LogP contribution in [0.2, 0.25) is 0 Å². The van der Waals surface area contributed by atoms with Crippen LogP contribution in [0, 0.1) is 11.3 Å². The molecule has 1 aromatic heterocycles. The van der Waals surface area contributed by atoms with Gasteiger partial charge in [-0.15, -0.1) is 11.3 Å². The fourth-order valence-corrected chi connectivity index (χ4v) is 3.48. The lowest BCUT2D eigenvalue weighted by Crippen LogP contribution is -2.30. The van der Waals surface area contributed by atoms with Crippen molar-refractivity contribution in [3.63, 3.8) is 0 Å². The summed E-state index contributed by atoms with van der Waals surface area (Å²) in [7, 11) is 0. The van der Waals surface area contributed by atoms with Gasteiger partial charge >= 0.3 is 0 Å². The Morgan fingerprint density at radius 3 is 2.74 bits per heavy atom. The molecule has 0 aliphatic carbocycles. The predicted molar refractivity (Wildman–Crippen MR) is 109 cm³/mol. The van der Waals surface area contributed by atoms with E-state index in [0.29, 0.717) is 13.2 Å². The number of hydrogen-bond acceptors (Lipinski definition) is 5. The highest BCUT2D eigenvalue weighted by Gasteiger charge is 2.13. The van der Waals surface area contributed by atoms with Gasteiger partial charge in [0.25, 0.3) is 5.91 Å². The standard InChI is InChI=1S/C21H19N3O2S/c1-2-26-17-10-8-16(9-11-17)24(15-5-14-22)21(25)13-12-20-23-18-6-3-4-7-19(18)27-20/h3-4,6-13H,2,5,15H2,1H3/b13-12+. The highest BCUT2D eigenvalue weighted by atomic mass is 32.1. The minimum atomic E-state index is -0.186. The molecule has 1 amide bonds. The molecule has 6 heteroatoms. The Labute approximate surface area is 162 Å². The Kier molecular flexibility index (Phi) is 6.18. The fourth-order valence-electron chi connectivity index (χ4n) is 2.61. The SMILES string of the molecule is CCOc1ccc(N(CCC#N)C(=O)/C=C/c2nc3ccccc3s2)cc1. The monoisotopic (exact) mass is 377 g/mol. The number of carbonyl (C=O) groups is 1. The van der Waals surface area contributed by atoms with Crippen molar-refractivity contribution in [2.24, 2.45) is 0 Å². The number of hydrogen-bond donors (Lipinski definition) is 0. The molecule has 3 rings (SSSR count). The van der Waals surface area contributed by atoms with E-state index < -0.39 is 0 Å². The molecule has 2 aromatic carbocycles. The lowest BCUT2D eigenvalue weighted by atomic mass is 10.2. The van der Waals surface area contributed by atoms with E-state index in [1.165, 1.54) is 17.4 Å². The van der Waals surface area contributed by atoms with Crippen LogP contribution in [-0.4, -0.2) is 24.0 Å². The van der Waals surface area contributed by atoms with Crippen LogP contribution < -0.4 is 9.64 Å². The molecule has 0 aliphatic heterocycles. The number of nitriles is 1. The number of anilines is 1. The first-order chi connectivity index (χ1) is 13.2. The quantitative estimate of drug-likeness (QED) is 0.562. The molecule has 0 saturated heterocycles. The zero-order chi connectivity index (χ0) is 19.1. The summed E-state index contributed by atoms with van der Waals surface area (Å²) in [4.78, 5) is 18.8. The summed E-state index contributed by atoms with van der Waals surface area (Å²) in [6.45, 7) is 2.83. The first-order valence-electron chi connectivity index (χ1n) is 8.66. The zero-order valence-corrected chi connectivity index (χ0v) is 15.8. The van der Waals surface area contributed by atoms with Crippen LogP contribution in [-0.2, 0) is 4.79 Å². The zero-order valence-electron chi connectivity index (χ0n) is 15.0. The summed E-state index contributed by atoms with van der Waals surface area (Å²) in [5.41, 5.74) is 1.65. The van der Waals surface area contributed by atoms with Crippen molar-refractivity contribution >= 4 is 39.2 Å². The van der Waals surface area contributed by atoms with Crippen molar-refractivity contribution in [1.29, 1.82) is 5.26 Å². The largest absolute Gasteiger partial charge is 0.494 e. The summed E-state index contributed by atoms with van der Waals surface area (Å²) in [5, 5.41) is 9.69. The number of carbonyl (C=O) groups excluding carboxylic acids is 1. The van der Waals surface area contributed by atoms with Crippen molar-refractivity contribution in [3.8, 4) is 11.8 Å². The Morgan fingerprint density at radius 1 is 1.26 bits per heavy atom. The maximum Gasteiger partial charge on any atom is 0.251 e. The third kappa shape index (κ3) is 4.72. The topological polar surface area (TPSA) is 66.2 Å². The molecular weight excluding hydrogens is 358 g/mol. The number of fused-ring (bicyclic) bond motifs is 1. The number of ether oxygens (including phenoxy) is 1. The maximum atomic E-state index is 12.7. The van der Waals surface area contributed by atoms with E-state index in [-0.39, 0.29) is 12.3 Å². The van der Waals surface area contributed by atoms with Gasteiger partial charge in [-0.25, -0.2) is 4.98 Å². The molecule has 0 bridgehead atoms. The van der Waals surface area contributed by atoms with E-state index >= 15 is 0 Å². The second-order valence-electron chi connectivity index (χ2n) is 5.68. The highest BCUT2D eigenvalue weighted by Crippen LogP contribution is 2.23. The van der Waals surface area contributed by atoms with Gasteiger partial charge in [0.2, 0.25) is 0 Å². The van der Waals surface area contributed by atoms with Crippen molar-refractivity contribution in [1.82, 2.24) is 4.98 Å². The van der Waals surface area contributed by atoms with Crippen LogP contribution in [0.1, 0.15) is 18.4 Å². The van der Waals surface area contributed by atoms with Crippen molar-refractivity contribution < 1.29 is 9.53 Å². The Balaban J connectivity index is 1.79. The normalized spacial score (nSPS) is 10.8. The molecule has 0 radical (unpaired) electrons. The first kappa shape index (κ1) is 18.6. The minimum Gasteiger partial charge on any atom is -0.494 e. The summed E-state index contributed by atoms with van der Waals surface area (Å²) in [6.07, 6.45) is 3.49. The van der Waals surface area contributed by atoms with E-state index in [1.54, 1.807) is 11.0 Å². The number of rotatable bonds is 7. The van der Waals surface area contributed by atoms with E-state index in [2.05, 4.69) is 11.1 Å². The second kappa shape index (κ2) is 8.97. The Hall–Kier alpha value is -3.17. The Morgan fingerprint density at radius 2 is 2.04 bits per heavy atom. The minimum absolute atomic E-state index is 0.186. The molecule has 0 atom stereocenters. The second-order valence-corrected chi connectivity index (χ2v) is 6.74. The molecule has 0 fully saturated rings. The van der Waals surface area contributed by atoms with Gasteiger partial charge < -0.3 is 9.64 Å². The van der Waals surface area contributed by atoms with Gasteiger partial charge in [0.05, 0.1) is 29.3 Å². The van der Waals surface area contributed by atoms with Crippen LogP contribution in [0.5, 0.6) is 5.75 Å². The summed E-state index contributed by atoms with van der Waals surface area (Å²) >= 11 is 1.53. The fraction of sp³-hybridized carbons (Fsp3) is 0.190. The van der Waals surface area contributed by atoms with Gasteiger partial charge in [-0.05, 0) is 49.4 Å². The Bertz CT molecular complexity index is 954. The molecule has 0 unspecified atom stereocenters. The predicted octanol–water partition coefficient (Wildman–Crippen LogP) is 4.66. The number of benzene rings is 2. The van der Waals surface area contributed by atoms with E-state index in [4.69, 9.17) is 10.00 Å². The maximum absolute atomic E-state index is 12.7. The van der Waals surface area contributed by atoms with Crippen molar-refractivity contribution in [3.05, 3.63) is 59.6 Å². The molecule has 0 N–H and O–H groups in total. The van der Waals surface area contributed by atoms with Gasteiger partial charge in [0.1, 0.15) is 10.8 Å². The van der Waals surface area contributed by atoms with Gasteiger partial charge in [0, 0.05) is 18.3 Å². The molecule has 0 aliphatic rings. The van der Waals surface area contributed by atoms with Crippen LogP contribution in [0.4, 0.5) is 5.69 Å². The third-order valence-corrected chi connectivity index (χ3v) is 4.85. The average Bonchev–Trinajstić information content (AvgIpc) is 3.11. The third-order valence-electron chi connectivity index (χ3n) is 3.85. The average molecular weight is 377 g/mol. The van der Waals surface area contributed by atoms with E-state index in [0.717, 1.165) is 26.7 Å². The van der Waals surface area contributed by atoms with Crippen molar-refractivity contribution in [2.75, 3.05) is 18.1 Å². The molecule has 0 saturated carbocycles. The number of para-hydroxylation sites is 1. The number of nitrogens with zero attached hydrogens (tertiary/aromatic N) is 3.